The van der Waals surface area contributed by atoms with E-state index in [0.29, 0.717) is 24.5 Å². The first-order chi connectivity index (χ1) is 14.3. The highest BCUT2D eigenvalue weighted by Gasteiger charge is 2.28. The van der Waals surface area contributed by atoms with Crippen LogP contribution in [0.15, 0.2) is 54.6 Å². The molecule has 1 heterocycles. The molecule has 0 saturated carbocycles. The number of pyridine rings is 1. The van der Waals surface area contributed by atoms with Crippen LogP contribution in [0.2, 0.25) is 0 Å². The van der Waals surface area contributed by atoms with Crippen molar-refractivity contribution in [2.75, 3.05) is 12.3 Å². The van der Waals surface area contributed by atoms with Gasteiger partial charge in [0.25, 0.3) is 0 Å². The van der Waals surface area contributed by atoms with Gasteiger partial charge in [-0.2, -0.15) is 9.59 Å². The number of aryl methyl sites for hydroxylation is 2. The van der Waals surface area contributed by atoms with Crippen molar-refractivity contribution in [2.45, 2.75) is 33.6 Å². The van der Waals surface area contributed by atoms with Gasteiger partial charge in [0, 0.05) is 17.8 Å². The van der Waals surface area contributed by atoms with Gasteiger partial charge in [0.2, 0.25) is 0 Å². The number of benzene rings is 2. The first-order valence-corrected chi connectivity index (χ1v) is 9.63. The fraction of sp³-hybridized carbons (Fsp3) is 0.292. The average Bonchev–Trinajstić information content (AvgIpc) is 2.71. The molecule has 2 N–H and O–H groups in total. The molecule has 3 rings (SSSR count). The number of fused-ring (bicyclic) bond motifs is 1. The summed E-state index contributed by atoms with van der Waals surface area (Å²) < 4.78 is 6.04. The third-order valence-electron chi connectivity index (χ3n) is 4.78. The number of aromatic nitrogens is 1. The van der Waals surface area contributed by atoms with E-state index in [-0.39, 0.29) is 11.9 Å². The Morgan fingerprint density at radius 3 is 2.43 bits per heavy atom. The van der Waals surface area contributed by atoms with Crippen LogP contribution in [-0.4, -0.2) is 23.5 Å². The monoisotopic (exact) mass is 406 g/mol. The Kier molecular flexibility index (Phi) is 7.84. The number of nitrogens with two attached hydrogens (primary N) is 1. The Bertz CT molecular complexity index is 1040. The van der Waals surface area contributed by atoms with Gasteiger partial charge < -0.3 is 10.5 Å². The number of carbonyl (C=O) groups is 1. The van der Waals surface area contributed by atoms with Crippen LogP contribution in [0.1, 0.15) is 31.5 Å². The number of rotatable bonds is 7. The number of ether oxygens (including phenoxy) is 1. The van der Waals surface area contributed by atoms with Gasteiger partial charge in [-0.15, -0.1) is 0 Å². The molecule has 1 aromatic heterocycles. The largest absolute Gasteiger partial charge is 0.492 e. The highest BCUT2D eigenvalue weighted by Crippen LogP contribution is 2.32. The molecule has 0 unspecified atom stereocenters. The molecule has 0 aliphatic carbocycles. The van der Waals surface area contributed by atoms with Gasteiger partial charge in [-0.1, -0.05) is 36.4 Å². The quantitative estimate of drug-likeness (QED) is 0.633. The van der Waals surface area contributed by atoms with Crippen molar-refractivity contribution in [3.63, 3.8) is 0 Å². The molecule has 0 aliphatic rings. The number of nitrogen functional groups attached to an aromatic ring is 1. The summed E-state index contributed by atoms with van der Waals surface area (Å²) in [4.78, 5) is 33.5. The lowest BCUT2D eigenvalue weighted by Gasteiger charge is -2.24. The van der Waals surface area contributed by atoms with Gasteiger partial charge in [-0.3, -0.25) is 9.78 Å². The van der Waals surface area contributed by atoms with Crippen LogP contribution in [0.4, 0.5) is 5.69 Å². The summed E-state index contributed by atoms with van der Waals surface area (Å²) in [6.45, 7) is 6.07. The van der Waals surface area contributed by atoms with Crippen LogP contribution in [0.25, 0.3) is 10.9 Å². The predicted octanol–water partition coefficient (Wildman–Crippen LogP) is 4.15. The van der Waals surface area contributed by atoms with E-state index >= 15 is 0 Å². The van der Waals surface area contributed by atoms with Crippen molar-refractivity contribution in [1.29, 1.82) is 0 Å². The van der Waals surface area contributed by atoms with Gasteiger partial charge in [0.05, 0.1) is 16.3 Å². The van der Waals surface area contributed by atoms with Gasteiger partial charge in [0.1, 0.15) is 18.1 Å². The number of hydrogen-bond acceptors (Lipinski definition) is 6. The molecule has 0 aliphatic heterocycles. The van der Waals surface area contributed by atoms with Crippen LogP contribution >= 0.6 is 0 Å². The van der Waals surface area contributed by atoms with Crippen molar-refractivity contribution < 1.29 is 19.1 Å². The minimum atomic E-state index is -0.580. The zero-order valence-electron chi connectivity index (χ0n) is 17.5. The van der Waals surface area contributed by atoms with E-state index in [4.69, 9.17) is 20.1 Å². The Morgan fingerprint density at radius 2 is 1.77 bits per heavy atom. The van der Waals surface area contributed by atoms with Crippen LogP contribution in [0, 0.1) is 12.3 Å². The van der Waals surface area contributed by atoms with Crippen LogP contribution in [0.5, 0.6) is 5.75 Å². The minimum absolute atomic E-state index is 0.188. The lowest BCUT2D eigenvalue weighted by atomic mass is 9.86. The summed E-state index contributed by atoms with van der Waals surface area (Å²) in [5.74, 6) is 0.856. The second-order valence-corrected chi connectivity index (χ2v) is 7.67. The lowest BCUT2D eigenvalue weighted by Crippen LogP contribution is -2.31. The van der Waals surface area contributed by atoms with Crippen molar-refractivity contribution >= 4 is 28.5 Å². The number of ketones is 1. The van der Waals surface area contributed by atoms with E-state index in [1.807, 2.05) is 75.4 Å². The molecule has 0 bridgehead atoms. The standard InChI is InChI=1S/C23H26N2O2.CO2/c1-16-14-18(24)22-19(25-16)10-7-11-20(22)27-15-23(2,3)21(26)13-12-17-8-5-4-6-9-17;2-1-3/h4-11,14H,12-13,15H2,1-3H3,(H2,24,25);. The smallest absolute Gasteiger partial charge is 0.373 e. The Morgan fingerprint density at radius 1 is 1.10 bits per heavy atom. The van der Waals surface area contributed by atoms with Crippen molar-refractivity contribution in [3.05, 3.63) is 65.9 Å². The zero-order valence-corrected chi connectivity index (χ0v) is 17.5. The number of nitrogens with zero attached hydrogens (tertiary/aromatic N) is 1. The highest BCUT2D eigenvalue weighted by atomic mass is 16.5. The molecule has 30 heavy (non-hydrogen) atoms. The molecule has 0 atom stereocenters. The van der Waals surface area contributed by atoms with E-state index in [1.165, 1.54) is 5.56 Å². The topological polar surface area (TPSA) is 99.3 Å². The molecule has 156 valence electrons. The molecule has 0 saturated heterocycles. The second kappa shape index (κ2) is 10.3. The Balaban J connectivity index is 0.00000101. The van der Waals surface area contributed by atoms with Crippen molar-refractivity contribution in [3.8, 4) is 5.75 Å². The normalized spacial score (nSPS) is 10.6. The molecule has 3 aromatic rings. The van der Waals surface area contributed by atoms with E-state index in [9.17, 15) is 4.79 Å². The maximum atomic E-state index is 12.7. The Hall–Kier alpha value is -3.50. The zero-order chi connectivity index (χ0) is 22.1. The SMILES string of the molecule is Cc1cc(N)c2c(OCC(C)(C)C(=O)CCc3ccccc3)cccc2n1.O=C=O. The molecule has 0 fully saturated rings. The van der Waals surface area contributed by atoms with Gasteiger partial charge in [-0.05, 0) is 51.0 Å². The summed E-state index contributed by atoms with van der Waals surface area (Å²) in [5.41, 5.74) is 9.09. The van der Waals surface area contributed by atoms with E-state index in [0.717, 1.165) is 23.0 Å². The minimum Gasteiger partial charge on any atom is -0.492 e. The maximum Gasteiger partial charge on any atom is 0.373 e. The number of anilines is 1. The molecule has 6 heteroatoms. The summed E-state index contributed by atoms with van der Waals surface area (Å²) >= 11 is 0. The van der Waals surface area contributed by atoms with Crippen molar-refractivity contribution in [2.24, 2.45) is 5.41 Å². The molecular formula is C24H26N2O4. The molecule has 0 radical (unpaired) electrons. The van der Waals surface area contributed by atoms with Crippen LogP contribution in [-0.2, 0) is 20.8 Å². The van der Waals surface area contributed by atoms with Gasteiger partial charge >= 0.3 is 6.15 Å². The van der Waals surface area contributed by atoms with Crippen molar-refractivity contribution in [1.82, 2.24) is 4.98 Å². The highest BCUT2D eigenvalue weighted by molar-refractivity contribution is 5.95. The molecular weight excluding hydrogens is 380 g/mol. The van der Waals surface area contributed by atoms with E-state index in [2.05, 4.69) is 4.98 Å². The third-order valence-corrected chi connectivity index (χ3v) is 4.78. The third kappa shape index (κ3) is 6.00. The number of hydrogen-bond donors (Lipinski definition) is 1. The Labute approximate surface area is 176 Å². The number of carbonyl (C=O) groups excluding carboxylic acids is 3. The average molecular weight is 406 g/mol. The fourth-order valence-electron chi connectivity index (χ4n) is 3.12. The van der Waals surface area contributed by atoms with E-state index in [1.54, 1.807) is 0 Å². The second-order valence-electron chi connectivity index (χ2n) is 7.67. The first-order valence-electron chi connectivity index (χ1n) is 9.63. The summed E-state index contributed by atoms with van der Waals surface area (Å²) in [6, 6.07) is 17.6. The van der Waals surface area contributed by atoms with Gasteiger partial charge in [0.15, 0.2) is 0 Å². The summed E-state index contributed by atoms with van der Waals surface area (Å²) in [5, 5.41) is 0.802. The van der Waals surface area contributed by atoms with Crippen LogP contribution < -0.4 is 10.5 Å². The predicted molar refractivity (Wildman–Crippen MR) is 115 cm³/mol. The first kappa shape index (κ1) is 22.8. The molecule has 6 nitrogen and oxygen atoms in total. The van der Waals surface area contributed by atoms with Gasteiger partial charge in [-0.25, -0.2) is 0 Å². The maximum absolute atomic E-state index is 12.7. The summed E-state index contributed by atoms with van der Waals surface area (Å²) in [7, 11) is 0. The number of Topliss-reactive ketones (excluding diaryl/α,β-unsaturated/α-hetero) is 1. The lowest BCUT2D eigenvalue weighted by molar-refractivity contribution is -0.191. The molecule has 2 aromatic carbocycles. The molecule has 0 amide bonds. The van der Waals surface area contributed by atoms with E-state index < -0.39 is 5.41 Å². The summed E-state index contributed by atoms with van der Waals surface area (Å²) in [6.07, 6.45) is 1.49. The van der Waals surface area contributed by atoms with Crippen LogP contribution in [0.3, 0.4) is 0 Å². The fourth-order valence-corrected chi connectivity index (χ4v) is 3.12. The molecule has 0 spiro atoms.